The van der Waals surface area contributed by atoms with Crippen molar-refractivity contribution in [3.8, 4) is 0 Å². The van der Waals surface area contributed by atoms with Crippen molar-refractivity contribution < 1.29 is 9.59 Å². The van der Waals surface area contributed by atoms with Gasteiger partial charge in [0.2, 0.25) is 5.91 Å². The SMILES string of the molecule is CC(C)NC(=O)Nc1ccc(N(C)C)c(CN(C(=O)C2CC2)[C@H](C)c2ccccc2)c1. The van der Waals surface area contributed by atoms with Gasteiger partial charge in [0, 0.05) is 44.0 Å². The molecule has 2 aromatic rings. The number of hydrogen-bond acceptors (Lipinski definition) is 3. The number of amides is 3. The van der Waals surface area contributed by atoms with Gasteiger partial charge in [0.25, 0.3) is 0 Å². The lowest BCUT2D eigenvalue weighted by molar-refractivity contribution is -0.135. The summed E-state index contributed by atoms with van der Waals surface area (Å²) in [6.45, 7) is 6.42. The van der Waals surface area contributed by atoms with E-state index in [9.17, 15) is 9.59 Å². The Hall–Kier alpha value is -3.02. The van der Waals surface area contributed by atoms with Gasteiger partial charge < -0.3 is 20.4 Å². The Morgan fingerprint density at radius 2 is 1.71 bits per heavy atom. The van der Waals surface area contributed by atoms with Gasteiger partial charge in [-0.15, -0.1) is 0 Å². The summed E-state index contributed by atoms with van der Waals surface area (Å²) in [6, 6.07) is 15.8. The summed E-state index contributed by atoms with van der Waals surface area (Å²) < 4.78 is 0. The van der Waals surface area contributed by atoms with Crippen LogP contribution in [0.25, 0.3) is 0 Å². The first-order chi connectivity index (χ1) is 14.8. The molecule has 1 aliphatic rings. The summed E-state index contributed by atoms with van der Waals surface area (Å²) >= 11 is 0. The van der Waals surface area contributed by atoms with Crippen molar-refractivity contribution in [1.29, 1.82) is 0 Å². The highest BCUT2D eigenvalue weighted by atomic mass is 16.2. The van der Waals surface area contributed by atoms with Crippen molar-refractivity contribution in [2.24, 2.45) is 5.92 Å². The maximum Gasteiger partial charge on any atom is 0.319 e. The molecule has 1 fully saturated rings. The van der Waals surface area contributed by atoms with Crippen LogP contribution in [0.1, 0.15) is 50.8 Å². The highest BCUT2D eigenvalue weighted by Gasteiger charge is 2.36. The third-order valence-electron chi connectivity index (χ3n) is 5.54. The fourth-order valence-corrected chi connectivity index (χ4v) is 3.72. The molecule has 0 unspecified atom stereocenters. The summed E-state index contributed by atoms with van der Waals surface area (Å²) in [5, 5.41) is 5.75. The Labute approximate surface area is 185 Å². The number of carbonyl (C=O) groups is 2. The van der Waals surface area contributed by atoms with Gasteiger partial charge in [0.15, 0.2) is 0 Å². The smallest absolute Gasteiger partial charge is 0.319 e. The third kappa shape index (κ3) is 6.00. The number of carbonyl (C=O) groups excluding carboxylic acids is 2. The summed E-state index contributed by atoms with van der Waals surface area (Å²) in [4.78, 5) is 29.4. The maximum atomic E-state index is 13.2. The first kappa shape index (κ1) is 22.7. The molecule has 1 aliphatic carbocycles. The average Bonchev–Trinajstić information content (AvgIpc) is 3.56. The summed E-state index contributed by atoms with van der Waals surface area (Å²) in [6.07, 6.45) is 1.93. The Bertz CT molecular complexity index is 907. The minimum atomic E-state index is -0.234. The zero-order valence-electron chi connectivity index (χ0n) is 19.2. The maximum absolute atomic E-state index is 13.2. The predicted molar refractivity (Wildman–Crippen MR) is 126 cm³/mol. The lowest BCUT2D eigenvalue weighted by Crippen LogP contribution is -2.35. The van der Waals surface area contributed by atoms with Crippen LogP contribution in [0.15, 0.2) is 48.5 Å². The van der Waals surface area contributed by atoms with Crippen LogP contribution in [0.4, 0.5) is 16.2 Å². The molecule has 2 aromatic carbocycles. The second-order valence-corrected chi connectivity index (χ2v) is 8.82. The molecule has 0 saturated heterocycles. The zero-order chi connectivity index (χ0) is 22.5. The third-order valence-corrected chi connectivity index (χ3v) is 5.54. The van der Waals surface area contributed by atoms with Crippen LogP contribution in [0.2, 0.25) is 0 Å². The fourth-order valence-electron chi connectivity index (χ4n) is 3.72. The fraction of sp³-hybridized carbons (Fsp3) is 0.440. The molecule has 3 rings (SSSR count). The Morgan fingerprint density at radius 3 is 2.29 bits per heavy atom. The van der Waals surface area contributed by atoms with Gasteiger partial charge in [-0.3, -0.25) is 4.79 Å². The van der Waals surface area contributed by atoms with E-state index in [4.69, 9.17) is 0 Å². The molecule has 31 heavy (non-hydrogen) atoms. The summed E-state index contributed by atoms with van der Waals surface area (Å²) in [7, 11) is 3.98. The van der Waals surface area contributed by atoms with Gasteiger partial charge in [0.1, 0.15) is 0 Å². The summed E-state index contributed by atoms with van der Waals surface area (Å²) in [5.41, 5.74) is 3.87. The van der Waals surface area contributed by atoms with E-state index in [0.29, 0.717) is 12.2 Å². The Balaban J connectivity index is 1.90. The largest absolute Gasteiger partial charge is 0.377 e. The quantitative estimate of drug-likeness (QED) is 0.643. The first-order valence-corrected chi connectivity index (χ1v) is 11.0. The van der Waals surface area contributed by atoms with Crippen LogP contribution in [0, 0.1) is 5.92 Å². The van der Waals surface area contributed by atoms with Crippen LogP contribution in [0.3, 0.4) is 0 Å². The topological polar surface area (TPSA) is 64.7 Å². The monoisotopic (exact) mass is 422 g/mol. The molecule has 0 heterocycles. The molecule has 166 valence electrons. The highest BCUT2D eigenvalue weighted by molar-refractivity contribution is 5.90. The molecule has 0 radical (unpaired) electrons. The van der Waals surface area contributed by atoms with Crippen molar-refractivity contribution in [1.82, 2.24) is 10.2 Å². The number of nitrogens with one attached hydrogen (secondary N) is 2. The first-order valence-electron chi connectivity index (χ1n) is 11.0. The molecule has 3 amide bonds. The molecule has 0 bridgehead atoms. The van der Waals surface area contributed by atoms with Crippen molar-refractivity contribution in [3.63, 3.8) is 0 Å². The van der Waals surface area contributed by atoms with E-state index < -0.39 is 0 Å². The van der Waals surface area contributed by atoms with Crippen LogP contribution < -0.4 is 15.5 Å². The van der Waals surface area contributed by atoms with Gasteiger partial charge in [-0.1, -0.05) is 30.3 Å². The molecule has 6 nitrogen and oxygen atoms in total. The van der Waals surface area contributed by atoms with Crippen LogP contribution in [-0.2, 0) is 11.3 Å². The van der Waals surface area contributed by atoms with E-state index >= 15 is 0 Å². The standard InChI is InChI=1S/C25H34N4O2/c1-17(2)26-25(31)27-22-13-14-23(28(4)5)21(15-22)16-29(24(30)20-11-12-20)18(3)19-9-7-6-8-10-19/h6-10,13-15,17-18,20H,11-12,16H2,1-5H3,(H2,26,27,31)/t18-/m1/s1. The zero-order valence-corrected chi connectivity index (χ0v) is 19.2. The molecule has 0 aromatic heterocycles. The second-order valence-electron chi connectivity index (χ2n) is 8.82. The van der Waals surface area contributed by atoms with Crippen molar-refractivity contribution in [3.05, 3.63) is 59.7 Å². The molecule has 2 N–H and O–H groups in total. The van der Waals surface area contributed by atoms with Gasteiger partial charge in [-0.05, 0) is 62.9 Å². The van der Waals surface area contributed by atoms with Crippen LogP contribution >= 0.6 is 0 Å². The molecular weight excluding hydrogens is 388 g/mol. The molecule has 0 aliphatic heterocycles. The normalized spacial score (nSPS) is 14.1. The highest BCUT2D eigenvalue weighted by Crippen LogP contribution is 2.36. The van der Waals surface area contributed by atoms with Crippen molar-refractivity contribution >= 4 is 23.3 Å². The molecule has 1 saturated carbocycles. The Kier molecular flexibility index (Phi) is 7.21. The number of urea groups is 1. The minimum Gasteiger partial charge on any atom is -0.377 e. The van der Waals surface area contributed by atoms with E-state index in [2.05, 4.69) is 29.7 Å². The average molecular weight is 423 g/mol. The molecule has 6 heteroatoms. The lowest BCUT2D eigenvalue weighted by Gasteiger charge is -2.32. The molecule has 1 atom stereocenters. The number of nitrogens with zero attached hydrogens (tertiary/aromatic N) is 2. The second kappa shape index (κ2) is 9.86. The number of rotatable bonds is 8. The minimum absolute atomic E-state index is 0.0369. The van der Waals surface area contributed by atoms with Crippen LogP contribution in [-0.4, -0.2) is 37.0 Å². The number of anilines is 2. The van der Waals surface area contributed by atoms with Crippen LogP contribution in [0.5, 0.6) is 0 Å². The number of benzene rings is 2. The molecular formula is C25H34N4O2. The van der Waals surface area contributed by atoms with Crippen molar-refractivity contribution in [2.75, 3.05) is 24.3 Å². The predicted octanol–water partition coefficient (Wildman–Crippen LogP) is 4.78. The number of hydrogen-bond donors (Lipinski definition) is 2. The van der Waals surface area contributed by atoms with Gasteiger partial charge >= 0.3 is 6.03 Å². The lowest BCUT2D eigenvalue weighted by atomic mass is 10.0. The van der Waals surface area contributed by atoms with Gasteiger partial charge in [-0.2, -0.15) is 0 Å². The Morgan fingerprint density at radius 1 is 1.03 bits per heavy atom. The molecule has 0 spiro atoms. The van der Waals surface area contributed by atoms with E-state index in [1.165, 1.54) is 0 Å². The van der Waals surface area contributed by atoms with E-state index in [-0.39, 0.29) is 29.9 Å². The van der Waals surface area contributed by atoms with E-state index in [0.717, 1.165) is 29.7 Å². The van der Waals surface area contributed by atoms with Gasteiger partial charge in [-0.25, -0.2) is 4.79 Å². The van der Waals surface area contributed by atoms with E-state index in [1.807, 2.05) is 74.1 Å². The van der Waals surface area contributed by atoms with Gasteiger partial charge in [0.05, 0.1) is 6.04 Å². The van der Waals surface area contributed by atoms with E-state index in [1.54, 1.807) is 0 Å². The summed E-state index contributed by atoms with van der Waals surface area (Å²) in [5.74, 6) is 0.337. The van der Waals surface area contributed by atoms with Crippen molar-refractivity contribution in [2.45, 2.75) is 52.2 Å².